The van der Waals surface area contributed by atoms with Crippen LogP contribution in [0, 0.1) is 0 Å². The molecule has 0 saturated carbocycles. The van der Waals surface area contributed by atoms with E-state index in [-0.39, 0.29) is 24.7 Å². The molecular formula is C10H22ClNO3. The minimum absolute atomic E-state index is 0. The van der Waals surface area contributed by atoms with Crippen LogP contribution < -0.4 is 12.4 Å². The molecule has 0 heterocycles. The molecule has 0 aliphatic carbocycles. The van der Waals surface area contributed by atoms with Gasteiger partial charge in [0.1, 0.15) is 0 Å². The van der Waals surface area contributed by atoms with E-state index in [9.17, 15) is 4.79 Å². The lowest BCUT2D eigenvalue weighted by atomic mass is 10.4. The molecule has 0 bridgehead atoms. The highest BCUT2D eigenvalue weighted by atomic mass is 35.5. The molecule has 15 heavy (non-hydrogen) atoms. The third-order valence-corrected chi connectivity index (χ3v) is 1.58. The van der Waals surface area contributed by atoms with Gasteiger partial charge in [-0.15, -0.1) is 0 Å². The van der Waals surface area contributed by atoms with Crippen LogP contribution in [0.15, 0.2) is 12.2 Å². The Morgan fingerprint density at radius 3 is 1.80 bits per heavy atom. The highest BCUT2D eigenvalue weighted by Gasteiger charge is 2.09. The lowest BCUT2D eigenvalue weighted by Gasteiger charge is -2.25. The Hall–Kier alpha value is -0.580. The number of hydrogen-bond donors (Lipinski definition) is 2. The Kier molecular flexibility index (Phi) is 13.2. The fourth-order valence-corrected chi connectivity index (χ4v) is 0.676. The average molecular weight is 240 g/mol. The molecule has 0 unspecified atom stereocenters. The van der Waals surface area contributed by atoms with Gasteiger partial charge in [-0.05, 0) is 13.3 Å². The van der Waals surface area contributed by atoms with Crippen molar-refractivity contribution in [3.63, 3.8) is 0 Å². The zero-order valence-corrected chi connectivity index (χ0v) is 10.7. The smallest absolute Gasteiger partial charge is 0.330 e. The summed E-state index contributed by atoms with van der Waals surface area (Å²) in [7, 11) is 4.03. The van der Waals surface area contributed by atoms with E-state index in [1.54, 1.807) is 0 Å². The fraction of sp³-hybridized carbons (Fsp3) is 0.700. The summed E-state index contributed by atoms with van der Waals surface area (Å²) in [4.78, 5) is 9.60. The third-order valence-electron chi connectivity index (χ3n) is 1.58. The van der Waals surface area contributed by atoms with Gasteiger partial charge in [-0.2, -0.15) is 0 Å². The maximum absolute atomic E-state index is 9.60. The Morgan fingerprint density at radius 2 is 1.73 bits per heavy atom. The fourth-order valence-electron chi connectivity index (χ4n) is 0.676. The molecule has 0 amide bonds. The zero-order valence-electron chi connectivity index (χ0n) is 9.96. The average Bonchev–Trinajstić information content (AvgIpc) is 2.05. The van der Waals surface area contributed by atoms with Crippen molar-refractivity contribution in [2.75, 3.05) is 27.4 Å². The van der Waals surface area contributed by atoms with E-state index in [1.807, 2.05) is 14.1 Å². The van der Waals surface area contributed by atoms with Crippen molar-refractivity contribution in [1.82, 2.24) is 0 Å². The summed E-state index contributed by atoms with van der Waals surface area (Å²) in [6, 6.07) is 0. The summed E-state index contributed by atoms with van der Waals surface area (Å²) in [5.41, 5.74) is 0.176. The SMILES string of the molecule is C=C(C)C(=O)O.CCC[N+](C)(C)CO.[Cl-]. The van der Waals surface area contributed by atoms with Crippen molar-refractivity contribution >= 4 is 5.97 Å². The number of rotatable bonds is 4. The predicted molar refractivity (Wildman–Crippen MR) is 56.8 cm³/mol. The van der Waals surface area contributed by atoms with Crippen LogP contribution in [-0.4, -0.2) is 48.0 Å². The van der Waals surface area contributed by atoms with E-state index in [0.717, 1.165) is 17.4 Å². The van der Waals surface area contributed by atoms with Gasteiger partial charge in [0.05, 0.1) is 20.6 Å². The van der Waals surface area contributed by atoms with E-state index >= 15 is 0 Å². The Bertz CT molecular complexity index is 181. The highest BCUT2D eigenvalue weighted by molar-refractivity contribution is 5.84. The number of carboxylic acids is 1. The van der Waals surface area contributed by atoms with Gasteiger partial charge in [0, 0.05) is 5.57 Å². The number of aliphatic hydroxyl groups excluding tert-OH is 1. The van der Waals surface area contributed by atoms with Gasteiger partial charge >= 0.3 is 5.97 Å². The first-order valence-electron chi connectivity index (χ1n) is 4.58. The molecule has 0 aliphatic rings. The lowest BCUT2D eigenvalue weighted by Crippen LogP contribution is -3.00. The molecule has 5 heteroatoms. The minimum atomic E-state index is -0.935. The number of halogens is 1. The molecule has 0 spiro atoms. The van der Waals surface area contributed by atoms with E-state index in [0.29, 0.717) is 0 Å². The minimum Gasteiger partial charge on any atom is -1.00 e. The van der Waals surface area contributed by atoms with Crippen LogP contribution >= 0.6 is 0 Å². The number of aliphatic carboxylic acids is 1. The van der Waals surface area contributed by atoms with E-state index in [1.165, 1.54) is 6.92 Å². The van der Waals surface area contributed by atoms with Crippen LogP contribution in [0.4, 0.5) is 0 Å². The summed E-state index contributed by atoms with van der Waals surface area (Å²) in [6.07, 6.45) is 1.13. The molecule has 0 fully saturated rings. The third kappa shape index (κ3) is 16.1. The van der Waals surface area contributed by atoms with Gasteiger partial charge < -0.3 is 27.1 Å². The maximum Gasteiger partial charge on any atom is 0.330 e. The second-order valence-corrected chi connectivity index (χ2v) is 3.89. The molecule has 92 valence electrons. The molecule has 0 aromatic heterocycles. The summed E-state index contributed by atoms with van der Waals surface area (Å²) >= 11 is 0. The second kappa shape index (κ2) is 9.96. The topological polar surface area (TPSA) is 57.5 Å². The monoisotopic (exact) mass is 239 g/mol. The van der Waals surface area contributed by atoms with Crippen molar-refractivity contribution < 1.29 is 31.9 Å². The summed E-state index contributed by atoms with van der Waals surface area (Å²) in [5, 5.41) is 16.6. The number of carbonyl (C=O) groups is 1. The normalized spacial score (nSPS) is 9.40. The largest absolute Gasteiger partial charge is 1.00 e. The van der Waals surface area contributed by atoms with Gasteiger partial charge in [-0.25, -0.2) is 4.79 Å². The molecule has 4 nitrogen and oxygen atoms in total. The number of aliphatic hydroxyl groups is 1. The first-order valence-corrected chi connectivity index (χ1v) is 4.58. The summed E-state index contributed by atoms with van der Waals surface area (Å²) in [5.74, 6) is -0.935. The Labute approximate surface area is 98.2 Å². The van der Waals surface area contributed by atoms with Gasteiger partial charge in [-0.3, -0.25) is 0 Å². The molecular weight excluding hydrogens is 218 g/mol. The van der Waals surface area contributed by atoms with E-state index < -0.39 is 5.97 Å². The van der Waals surface area contributed by atoms with Crippen molar-refractivity contribution in [2.45, 2.75) is 20.3 Å². The van der Waals surface area contributed by atoms with E-state index in [2.05, 4.69) is 13.5 Å². The standard InChI is InChI=1S/C6H16NO.C4H6O2.ClH/c1-4-5-7(2,3)6-8;1-3(2)4(5)6;/h8H,4-6H2,1-3H3;1H2,2H3,(H,5,6);1H/q+1;;/p-1. The van der Waals surface area contributed by atoms with Crippen LogP contribution in [0.1, 0.15) is 20.3 Å². The van der Waals surface area contributed by atoms with Crippen LogP contribution in [0.2, 0.25) is 0 Å². The quantitative estimate of drug-likeness (QED) is 0.342. The van der Waals surface area contributed by atoms with Crippen LogP contribution in [-0.2, 0) is 4.79 Å². The second-order valence-electron chi connectivity index (χ2n) is 3.89. The van der Waals surface area contributed by atoms with Gasteiger partial charge in [0.15, 0.2) is 6.73 Å². The van der Waals surface area contributed by atoms with Gasteiger partial charge in [0.2, 0.25) is 0 Å². The van der Waals surface area contributed by atoms with Crippen molar-refractivity contribution in [2.24, 2.45) is 0 Å². The number of quaternary nitrogens is 1. The molecule has 0 saturated heterocycles. The van der Waals surface area contributed by atoms with Crippen molar-refractivity contribution in [1.29, 1.82) is 0 Å². The number of hydrogen-bond acceptors (Lipinski definition) is 2. The predicted octanol–water partition coefficient (Wildman–Crippen LogP) is -1.93. The molecule has 0 radical (unpaired) electrons. The lowest BCUT2D eigenvalue weighted by molar-refractivity contribution is -0.908. The molecule has 0 atom stereocenters. The van der Waals surface area contributed by atoms with Crippen LogP contribution in [0.5, 0.6) is 0 Å². The molecule has 0 aromatic rings. The molecule has 2 N–H and O–H groups in total. The maximum atomic E-state index is 9.60. The molecule has 0 aromatic carbocycles. The first-order chi connectivity index (χ1) is 6.26. The van der Waals surface area contributed by atoms with Crippen molar-refractivity contribution in [3.05, 3.63) is 12.2 Å². The van der Waals surface area contributed by atoms with Crippen molar-refractivity contribution in [3.8, 4) is 0 Å². The molecule has 0 rings (SSSR count). The van der Waals surface area contributed by atoms with E-state index in [4.69, 9.17) is 10.2 Å². The number of nitrogens with zero attached hydrogens (tertiary/aromatic N) is 1. The van der Waals surface area contributed by atoms with Gasteiger partial charge in [-0.1, -0.05) is 13.5 Å². The highest BCUT2D eigenvalue weighted by Crippen LogP contribution is 1.94. The summed E-state index contributed by atoms with van der Waals surface area (Å²) in [6.45, 7) is 8.02. The molecule has 0 aliphatic heterocycles. The van der Waals surface area contributed by atoms with Crippen LogP contribution in [0.25, 0.3) is 0 Å². The first kappa shape index (κ1) is 19.9. The number of carboxylic acid groups (broad SMARTS) is 1. The zero-order chi connectivity index (χ0) is 11.8. The Balaban J connectivity index is -0.000000187. The van der Waals surface area contributed by atoms with Crippen LogP contribution in [0.3, 0.4) is 0 Å². The summed E-state index contributed by atoms with van der Waals surface area (Å²) < 4.78 is 0.719. The van der Waals surface area contributed by atoms with Gasteiger partial charge in [0.25, 0.3) is 0 Å². The Morgan fingerprint density at radius 1 is 1.40 bits per heavy atom.